The Balaban J connectivity index is 1.52. The Morgan fingerprint density at radius 3 is 3.04 bits per heavy atom. The van der Waals surface area contributed by atoms with Crippen molar-refractivity contribution in [2.75, 3.05) is 19.6 Å². The van der Waals surface area contributed by atoms with E-state index >= 15 is 0 Å². The summed E-state index contributed by atoms with van der Waals surface area (Å²) in [6, 6.07) is 4.62. The summed E-state index contributed by atoms with van der Waals surface area (Å²) >= 11 is 1.37. The minimum absolute atomic E-state index is 0.157. The third kappa shape index (κ3) is 4.53. The molecule has 10 heteroatoms. The first kappa shape index (κ1) is 17.8. The number of nitrogens with one attached hydrogen (secondary N) is 1. The molecule has 7 nitrogen and oxygen atoms in total. The molecule has 3 rings (SSSR count). The molecule has 1 aliphatic rings. The van der Waals surface area contributed by atoms with Crippen molar-refractivity contribution in [3.05, 3.63) is 41.7 Å². The maximum Gasteiger partial charge on any atom is 0.273 e. The summed E-state index contributed by atoms with van der Waals surface area (Å²) in [5.74, 6) is -1.01. The summed E-state index contributed by atoms with van der Waals surface area (Å²) in [7, 11) is -3.94. The summed E-state index contributed by atoms with van der Waals surface area (Å²) in [5.41, 5.74) is 0. The van der Waals surface area contributed by atoms with Gasteiger partial charge in [-0.25, -0.2) is 22.5 Å². The van der Waals surface area contributed by atoms with Gasteiger partial charge in [-0.2, -0.15) is 0 Å². The molecule has 1 aromatic carbocycles. The molecule has 1 unspecified atom stereocenters. The molecule has 1 saturated heterocycles. The first-order valence-corrected chi connectivity index (χ1v) is 9.89. The number of thiazole rings is 1. The zero-order chi connectivity index (χ0) is 17.9. The third-order valence-electron chi connectivity index (χ3n) is 3.69. The van der Waals surface area contributed by atoms with Gasteiger partial charge in [-0.1, -0.05) is 17.4 Å². The van der Waals surface area contributed by atoms with Gasteiger partial charge in [0.25, 0.3) is 5.19 Å². The molecular formula is C15H16FN3O4S2. The van der Waals surface area contributed by atoms with Crippen LogP contribution in [-0.4, -0.2) is 49.9 Å². The van der Waals surface area contributed by atoms with Gasteiger partial charge < -0.3 is 9.64 Å². The van der Waals surface area contributed by atoms with Crippen molar-refractivity contribution < 1.29 is 22.3 Å². The number of likely N-dealkylation sites (tertiary alicyclic amines) is 1. The van der Waals surface area contributed by atoms with Gasteiger partial charge in [-0.3, -0.25) is 4.79 Å². The molecule has 0 radical (unpaired) electrons. The van der Waals surface area contributed by atoms with Crippen molar-refractivity contribution in [3.8, 4) is 5.19 Å². The van der Waals surface area contributed by atoms with E-state index in [4.69, 9.17) is 4.74 Å². The third-order valence-corrected chi connectivity index (χ3v) is 5.75. The number of carbonyl (C=O) groups excluding carboxylic acids is 1. The Kier molecular flexibility index (Phi) is 5.30. The van der Waals surface area contributed by atoms with E-state index in [-0.39, 0.29) is 23.5 Å². The number of aromatic nitrogens is 1. The number of nitrogens with zero attached hydrogens (tertiary/aromatic N) is 2. The van der Waals surface area contributed by atoms with E-state index < -0.39 is 15.8 Å². The largest absolute Gasteiger partial charge is 0.465 e. The fourth-order valence-corrected chi connectivity index (χ4v) is 4.01. The van der Waals surface area contributed by atoms with Crippen LogP contribution in [0.2, 0.25) is 0 Å². The molecule has 0 spiro atoms. The highest BCUT2D eigenvalue weighted by Gasteiger charge is 2.28. The molecule has 1 aliphatic heterocycles. The normalized spacial score (nSPS) is 17.6. The number of ether oxygens (including phenoxy) is 1. The number of amides is 1. The molecule has 25 heavy (non-hydrogen) atoms. The topological polar surface area (TPSA) is 88.6 Å². The molecule has 0 saturated carbocycles. The first-order valence-electron chi connectivity index (χ1n) is 7.53. The number of rotatable bonds is 6. The zero-order valence-electron chi connectivity index (χ0n) is 13.1. The molecule has 0 aliphatic carbocycles. The van der Waals surface area contributed by atoms with E-state index in [0.29, 0.717) is 24.7 Å². The lowest BCUT2D eigenvalue weighted by Crippen LogP contribution is -2.39. The Morgan fingerprint density at radius 1 is 1.48 bits per heavy atom. The van der Waals surface area contributed by atoms with Crippen LogP contribution in [0.25, 0.3) is 0 Å². The van der Waals surface area contributed by atoms with E-state index in [1.807, 2.05) is 0 Å². The van der Waals surface area contributed by atoms with Crippen LogP contribution in [0.15, 0.2) is 40.7 Å². The van der Waals surface area contributed by atoms with Gasteiger partial charge in [-0.15, -0.1) is 0 Å². The monoisotopic (exact) mass is 385 g/mol. The maximum absolute atomic E-state index is 13.2. The van der Waals surface area contributed by atoms with Gasteiger partial charge in [0, 0.05) is 24.5 Å². The van der Waals surface area contributed by atoms with E-state index in [0.717, 1.165) is 12.1 Å². The molecule has 1 atom stereocenters. The minimum Gasteiger partial charge on any atom is -0.465 e. The van der Waals surface area contributed by atoms with E-state index in [1.165, 1.54) is 28.4 Å². The molecule has 134 valence electrons. The second kappa shape index (κ2) is 7.46. The highest BCUT2D eigenvalue weighted by molar-refractivity contribution is 7.89. The van der Waals surface area contributed by atoms with Crippen molar-refractivity contribution in [1.29, 1.82) is 0 Å². The standard InChI is InChI=1S/C15H16FN3O4S2/c16-11-2-1-3-13(8-11)25(21,22)18-9-14(20)19-6-4-12(10-19)23-15-17-5-7-24-15/h1-3,5,7-8,12,18H,4,6,9-10H2. The summed E-state index contributed by atoms with van der Waals surface area (Å²) in [4.78, 5) is 17.5. The SMILES string of the molecule is O=C(CNS(=O)(=O)c1cccc(F)c1)N1CCC(Oc2nccs2)C1. The Hall–Kier alpha value is -2.04. The van der Waals surface area contributed by atoms with E-state index in [9.17, 15) is 17.6 Å². The molecule has 2 aromatic rings. The number of halogens is 1. The number of sulfonamides is 1. The summed E-state index contributed by atoms with van der Waals surface area (Å²) < 4.78 is 45.2. The zero-order valence-corrected chi connectivity index (χ0v) is 14.7. The Bertz CT molecular complexity index is 842. The van der Waals surface area contributed by atoms with Gasteiger partial charge in [0.05, 0.1) is 18.0 Å². The van der Waals surface area contributed by atoms with Gasteiger partial charge in [0.1, 0.15) is 11.9 Å². The Morgan fingerprint density at radius 2 is 2.32 bits per heavy atom. The number of carbonyl (C=O) groups is 1. The van der Waals surface area contributed by atoms with Crippen LogP contribution in [0, 0.1) is 5.82 Å². The van der Waals surface area contributed by atoms with Crippen LogP contribution in [0.3, 0.4) is 0 Å². The minimum atomic E-state index is -3.94. The number of hydrogen-bond donors (Lipinski definition) is 1. The Labute approximate surface area is 148 Å². The van der Waals surface area contributed by atoms with Crippen molar-refractivity contribution in [3.63, 3.8) is 0 Å². The van der Waals surface area contributed by atoms with E-state index in [1.54, 1.807) is 11.6 Å². The summed E-state index contributed by atoms with van der Waals surface area (Å²) in [6.07, 6.45) is 2.14. The fraction of sp³-hybridized carbons (Fsp3) is 0.333. The second-order valence-electron chi connectivity index (χ2n) is 5.45. The molecule has 0 bridgehead atoms. The molecule has 2 heterocycles. The first-order chi connectivity index (χ1) is 11.9. The van der Waals surface area contributed by atoms with Crippen molar-refractivity contribution in [2.24, 2.45) is 0 Å². The summed E-state index contributed by atoms with van der Waals surface area (Å²) in [6.45, 7) is 0.472. The van der Waals surface area contributed by atoms with Crippen molar-refractivity contribution in [2.45, 2.75) is 17.4 Å². The average molecular weight is 385 g/mol. The number of benzene rings is 1. The van der Waals surface area contributed by atoms with E-state index in [2.05, 4.69) is 9.71 Å². The lowest BCUT2D eigenvalue weighted by molar-refractivity contribution is -0.129. The van der Waals surface area contributed by atoms with Crippen LogP contribution >= 0.6 is 11.3 Å². The lowest BCUT2D eigenvalue weighted by Gasteiger charge is -2.17. The van der Waals surface area contributed by atoms with Gasteiger partial charge in [0.15, 0.2) is 0 Å². The summed E-state index contributed by atoms with van der Waals surface area (Å²) in [5, 5.41) is 2.35. The molecular weight excluding hydrogens is 369 g/mol. The molecule has 1 amide bonds. The van der Waals surface area contributed by atoms with Crippen LogP contribution in [-0.2, 0) is 14.8 Å². The van der Waals surface area contributed by atoms with Crippen LogP contribution in [0.4, 0.5) is 4.39 Å². The fourth-order valence-electron chi connectivity index (χ4n) is 2.45. The van der Waals surface area contributed by atoms with Gasteiger partial charge in [-0.05, 0) is 18.2 Å². The van der Waals surface area contributed by atoms with Gasteiger partial charge >= 0.3 is 0 Å². The van der Waals surface area contributed by atoms with Crippen LogP contribution in [0.5, 0.6) is 5.19 Å². The van der Waals surface area contributed by atoms with Crippen LogP contribution in [0.1, 0.15) is 6.42 Å². The molecule has 1 fully saturated rings. The van der Waals surface area contributed by atoms with Crippen molar-refractivity contribution >= 4 is 27.3 Å². The predicted octanol–water partition coefficient (Wildman–Crippen LogP) is 1.24. The quantitative estimate of drug-likeness (QED) is 0.808. The second-order valence-corrected chi connectivity index (χ2v) is 8.07. The highest BCUT2D eigenvalue weighted by atomic mass is 32.2. The van der Waals surface area contributed by atoms with Gasteiger partial charge in [0.2, 0.25) is 15.9 Å². The predicted molar refractivity (Wildman–Crippen MR) is 89.3 cm³/mol. The molecule has 1 N–H and O–H groups in total. The number of hydrogen-bond acceptors (Lipinski definition) is 6. The highest BCUT2D eigenvalue weighted by Crippen LogP contribution is 2.20. The lowest BCUT2D eigenvalue weighted by atomic mass is 10.3. The smallest absolute Gasteiger partial charge is 0.273 e. The molecule has 1 aromatic heterocycles. The van der Waals surface area contributed by atoms with Crippen LogP contribution < -0.4 is 9.46 Å². The van der Waals surface area contributed by atoms with Crippen molar-refractivity contribution in [1.82, 2.24) is 14.6 Å². The average Bonchev–Trinajstić information content (AvgIpc) is 3.25. The maximum atomic E-state index is 13.2.